The molecule has 1 N–H and O–H groups in total. The van der Waals surface area contributed by atoms with Gasteiger partial charge in [0, 0.05) is 0 Å². The second-order valence-corrected chi connectivity index (χ2v) is 7.26. The Kier molecular flexibility index (Phi) is 3.56. The summed E-state index contributed by atoms with van der Waals surface area (Å²) in [6.45, 7) is 4.35. The first-order chi connectivity index (χ1) is 11.5. The molecule has 2 aliphatic carbocycles. The maximum Gasteiger partial charge on any atom is 0.335 e. The number of allylic oxidation sites excluding steroid dienone is 1. The van der Waals surface area contributed by atoms with Crippen molar-refractivity contribution in [2.75, 3.05) is 0 Å². The second kappa shape index (κ2) is 5.62. The van der Waals surface area contributed by atoms with Gasteiger partial charge in [-0.05, 0) is 90.5 Å². The van der Waals surface area contributed by atoms with Crippen LogP contribution in [0.5, 0.6) is 0 Å². The number of carboxylic acids is 1. The van der Waals surface area contributed by atoms with Gasteiger partial charge in [-0.15, -0.1) is 0 Å². The predicted molar refractivity (Wildman–Crippen MR) is 97.5 cm³/mol. The van der Waals surface area contributed by atoms with Gasteiger partial charge in [-0.1, -0.05) is 30.3 Å². The minimum absolute atomic E-state index is 0.328. The summed E-state index contributed by atoms with van der Waals surface area (Å²) in [5.74, 6) is 0.685. The molecular formula is C22H22O2. The van der Waals surface area contributed by atoms with Crippen molar-refractivity contribution in [2.24, 2.45) is 0 Å². The van der Waals surface area contributed by atoms with Crippen molar-refractivity contribution in [1.82, 2.24) is 0 Å². The van der Waals surface area contributed by atoms with Gasteiger partial charge >= 0.3 is 5.97 Å². The highest BCUT2D eigenvalue weighted by molar-refractivity contribution is 5.88. The lowest BCUT2D eigenvalue weighted by Crippen LogP contribution is -2.00. The van der Waals surface area contributed by atoms with Gasteiger partial charge in [-0.2, -0.15) is 0 Å². The molecule has 1 saturated carbocycles. The summed E-state index contributed by atoms with van der Waals surface area (Å²) in [6.07, 6.45) is 6.20. The molecule has 0 heterocycles. The molecule has 2 unspecified atom stereocenters. The van der Waals surface area contributed by atoms with Crippen molar-refractivity contribution < 1.29 is 9.90 Å². The van der Waals surface area contributed by atoms with Gasteiger partial charge in [-0.3, -0.25) is 0 Å². The van der Waals surface area contributed by atoms with E-state index < -0.39 is 5.97 Å². The van der Waals surface area contributed by atoms with Crippen LogP contribution in [0.15, 0.2) is 36.4 Å². The number of carbonyl (C=O) groups is 1. The Bertz CT molecular complexity index is 843. The van der Waals surface area contributed by atoms with Crippen LogP contribution < -0.4 is 0 Å². The number of fused-ring (bicyclic) bond motifs is 5. The fraction of sp³-hybridized carbons (Fsp3) is 0.318. The molecule has 0 saturated heterocycles. The van der Waals surface area contributed by atoms with Gasteiger partial charge in [0.05, 0.1) is 5.56 Å². The lowest BCUT2D eigenvalue weighted by molar-refractivity contribution is 0.0697. The minimum atomic E-state index is -0.883. The van der Waals surface area contributed by atoms with E-state index in [1.165, 1.54) is 36.0 Å². The molecule has 2 aromatic rings. The van der Waals surface area contributed by atoms with E-state index in [0.29, 0.717) is 5.56 Å². The SMILES string of the molecule is CC(=Cc1ccc(C(=O)O)cc1)c1cc2c(cc1C)C1CCC2C1. The van der Waals surface area contributed by atoms with E-state index in [1.807, 2.05) is 12.1 Å². The van der Waals surface area contributed by atoms with E-state index in [4.69, 9.17) is 5.11 Å². The first kappa shape index (κ1) is 15.2. The summed E-state index contributed by atoms with van der Waals surface area (Å²) in [4.78, 5) is 11.0. The lowest BCUT2D eigenvalue weighted by Gasteiger charge is -2.18. The monoisotopic (exact) mass is 318 g/mol. The molecular weight excluding hydrogens is 296 g/mol. The molecule has 0 spiro atoms. The van der Waals surface area contributed by atoms with Crippen molar-refractivity contribution in [3.05, 3.63) is 69.8 Å². The average Bonchev–Trinajstić information content (AvgIpc) is 3.16. The Morgan fingerprint density at radius 1 is 1.08 bits per heavy atom. The number of carboxylic acid groups (broad SMARTS) is 1. The number of aromatic carboxylic acids is 1. The summed E-state index contributed by atoms with van der Waals surface area (Å²) in [6, 6.07) is 11.9. The summed E-state index contributed by atoms with van der Waals surface area (Å²) in [7, 11) is 0. The van der Waals surface area contributed by atoms with Crippen LogP contribution in [-0.4, -0.2) is 11.1 Å². The van der Waals surface area contributed by atoms with Gasteiger partial charge in [0.25, 0.3) is 0 Å². The highest BCUT2D eigenvalue weighted by atomic mass is 16.4. The molecule has 0 radical (unpaired) electrons. The second-order valence-electron chi connectivity index (χ2n) is 7.26. The molecule has 0 amide bonds. The Hall–Kier alpha value is -2.35. The molecule has 2 bridgehead atoms. The zero-order chi connectivity index (χ0) is 16.8. The van der Waals surface area contributed by atoms with E-state index in [-0.39, 0.29) is 0 Å². The van der Waals surface area contributed by atoms with Gasteiger partial charge in [0.15, 0.2) is 0 Å². The van der Waals surface area contributed by atoms with E-state index >= 15 is 0 Å². The number of aryl methyl sites for hydroxylation is 1. The molecule has 4 rings (SSSR count). The molecule has 2 nitrogen and oxygen atoms in total. The topological polar surface area (TPSA) is 37.3 Å². The van der Waals surface area contributed by atoms with Crippen LogP contribution in [-0.2, 0) is 0 Å². The fourth-order valence-electron chi connectivity index (χ4n) is 4.48. The van der Waals surface area contributed by atoms with Crippen molar-refractivity contribution in [3.63, 3.8) is 0 Å². The normalized spacial score (nSPS) is 21.8. The van der Waals surface area contributed by atoms with Crippen molar-refractivity contribution in [1.29, 1.82) is 0 Å². The maximum absolute atomic E-state index is 11.0. The Morgan fingerprint density at radius 2 is 1.71 bits per heavy atom. The van der Waals surface area contributed by atoms with Crippen LogP contribution in [0.4, 0.5) is 0 Å². The van der Waals surface area contributed by atoms with Crippen LogP contribution in [0.3, 0.4) is 0 Å². The van der Waals surface area contributed by atoms with Crippen LogP contribution in [0.2, 0.25) is 0 Å². The summed E-state index contributed by atoms with van der Waals surface area (Å²) in [5.41, 5.74) is 8.43. The standard InChI is InChI=1S/C22H22O2/c1-13(9-15-3-5-16(6-4-15)22(23)24)19-12-21-18-8-7-17(11-18)20(21)10-14(19)2/h3-6,9-10,12,17-18H,7-8,11H2,1-2H3,(H,23,24). The van der Waals surface area contributed by atoms with Crippen molar-refractivity contribution in [3.8, 4) is 0 Å². The van der Waals surface area contributed by atoms with Gasteiger partial charge in [0.2, 0.25) is 0 Å². The highest BCUT2D eigenvalue weighted by Crippen LogP contribution is 2.53. The average molecular weight is 318 g/mol. The Balaban J connectivity index is 1.68. The fourth-order valence-corrected chi connectivity index (χ4v) is 4.48. The van der Waals surface area contributed by atoms with Gasteiger partial charge < -0.3 is 5.11 Å². The van der Waals surface area contributed by atoms with E-state index in [0.717, 1.165) is 17.4 Å². The zero-order valence-electron chi connectivity index (χ0n) is 14.2. The Labute approximate surface area is 142 Å². The summed E-state index contributed by atoms with van der Waals surface area (Å²) in [5, 5.41) is 9.00. The van der Waals surface area contributed by atoms with E-state index in [1.54, 1.807) is 23.3 Å². The van der Waals surface area contributed by atoms with Gasteiger partial charge in [0.1, 0.15) is 0 Å². The lowest BCUT2D eigenvalue weighted by atomic mass is 9.86. The summed E-state index contributed by atoms with van der Waals surface area (Å²) < 4.78 is 0. The van der Waals surface area contributed by atoms with Crippen LogP contribution in [0.25, 0.3) is 11.6 Å². The molecule has 2 aromatic carbocycles. The molecule has 2 heteroatoms. The first-order valence-corrected chi connectivity index (χ1v) is 8.69. The Morgan fingerprint density at radius 3 is 2.33 bits per heavy atom. The number of rotatable bonds is 3. The first-order valence-electron chi connectivity index (χ1n) is 8.69. The van der Waals surface area contributed by atoms with Crippen molar-refractivity contribution >= 4 is 17.6 Å². The maximum atomic E-state index is 11.0. The third kappa shape index (κ3) is 2.47. The highest BCUT2D eigenvalue weighted by Gasteiger charge is 2.37. The predicted octanol–water partition coefficient (Wildman–Crippen LogP) is 5.62. The van der Waals surface area contributed by atoms with Crippen molar-refractivity contribution in [2.45, 2.75) is 44.9 Å². The molecule has 1 fully saturated rings. The number of hydrogen-bond donors (Lipinski definition) is 1. The van der Waals surface area contributed by atoms with Crippen LogP contribution in [0, 0.1) is 6.92 Å². The molecule has 122 valence electrons. The largest absolute Gasteiger partial charge is 0.478 e. The number of benzene rings is 2. The minimum Gasteiger partial charge on any atom is -0.478 e. The smallest absolute Gasteiger partial charge is 0.335 e. The zero-order valence-corrected chi connectivity index (χ0v) is 14.2. The molecule has 0 aromatic heterocycles. The molecule has 2 atom stereocenters. The van der Waals surface area contributed by atoms with Crippen LogP contribution in [0.1, 0.15) is 76.2 Å². The number of hydrogen-bond acceptors (Lipinski definition) is 1. The molecule has 2 aliphatic rings. The summed E-state index contributed by atoms with van der Waals surface area (Å²) >= 11 is 0. The quantitative estimate of drug-likeness (QED) is 0.746. The third-order valence-electron chi connectivity index (χ3n) is 5.71. The molecule has 24 heavy (non-hydrogen) atoms. The third-order valence-corrected chi connectivity index (χ3v) is 5.71. The van der Waals surface area contributed by atoms with E-state index in [9.17, 15) is 4.79 Å². The van der Waals surface area contributed by atoms with Crippen LogP contribution >= 0.6 is 0 Å². The van der Waals surface area contributed by atoms with E-state index in [2.05, 4.69) is 32.1 Å². The van der Waals surface area contributed by atoms with Gasteiger partial charge in [-0.25, -0.2) is 4.79 Å². The molecule has 0 aliphatic heterocycles.